The first-order valence-corrected chi connectivity index (χ1v) is 5.42. The third-order valence-electron chi connectivity index (χ3n) is 2.43. The van der Waals surface area contributed by atoms with Gasteiger partial charge in [-0.1, -0.05) is 0 Å². The van der Waals surface area contributed by atoms with Crippen molar-refractivity contribution in [1.29, 1.82) is 0 Å². The van der Waals surface area contributed by atoms with Gasteiger partial charge in [-0.25, -0.2) is 9.59 Å². The molecule has 0 bridgehead atoms. The number of ether oxygens (including phenoxy) is 2. The Bertz CT molecular complexity index is 532. The zero-order valence-corrected chi connectivity index (χ0v) is 10.9. The molecular weight excluding hydrogens is 252 g/mol. The Balaban J connectivity index is 3.42. The van der Waals surface area contributed by atoms with Crippen LogP contribution in [-0.4, -0.2) is 37.0 Å². The van der Waals surface area contributed by atoms with Gasteiger partial charge in [0, 0.05) is 6.42 Å². The first-order valence-electron chi connectivity index (χ1n) is 5.42. The molecule has 0 aliphatic carbocycles. The number of phenols is 1. The monoisotopic (exact) mass is 266 g/mol. The number of aromatic hydroxyl groups is 1. The molecule has 0 radical (unpaired) electrons. The fraction of sp³-hybridized carbons (Fsp3) is 0.308. The predicted molar refractivity (Wildman–Crippen MR) is 65.2 cm³/mol. The van der Waals surface area contributed by atoms with Crippen LogP contribution >= 0.6 is 0 Å². The van der Waals surface area contributed by atoms with Gasteiger partial charge in [0.15, 0.2) is 0 Å². The Hall–Kier alpha value is -2.37. The number of hydrogen-bond donors (Lipinski definition) is 1. The summed E-state index contributed by atoms with van der Waals surface area (Å²) in [5, 5.41) is 9.81. The smallest absolute Gasteiger partial charge is 0.342 e. The molecule has 6 heteroatoms. The van der Waals surface area contributed by atoms with Crippen LogP contribution in [0.1, 0.15) is 33.2 Å². The van der Waals surface area contributed by atoms with E-state index in [9.17, 15) is 19.5 Å². The minimum absolute atomic E-state index is 0.0407. The van der Waals surface area contributed by atoms with Gasteiger partial charge in [-0.2, -0.15) is 0 Å². The molecule has 0 amide bonds. The summed E-state index contributed by atoms with van der Waals surface area (Å²) in [4.78, 5) is 34.2. The maximum absolute atomic E-state index is 11.6. The first-order chi connectivity index (χ1) is 8.90. The van der Waals surface area contributed by atoms with E-state index in [1.165, 1.54) is 19.1 Å². The molecule has 0 aromatic heterocycles. The Morgan fingerprint density at radius 3 is 2.16 bits per heavy atom. The first kappa shape index (κ1) is 14.7. The topological polar surface area (TPSA) is 89.9 Å². The number of carbonyl (C=O) groups is 3. The summed E-state index contributed by atoms with van der Waals surface area (Å²) in [5.41, 5.74) is 0.00491. The number of rotatable bonds is 4. The minimum atomic E-state index is -0.854. The van der Waals surface area contributed by atoms with Crippen molar-refractivity contribution in [3.8, 4) is 5.75 Å². The summed E-state index contributed by atoms with van der Waals surface area (Å²) in [5.74, 6) is -2.21. The molecule has 102 valence electrons. The van der Waals surface area contributed by atoms with Crippen molar-refractivity contribution >= 4 is 17.7 Å². The highest BCUT2D eigenvalue weighted by Crippen LogP contribution is 2.25. The predicted octanol–water partition coefficient (Wildman–Crippen LogP) is 1.10. The van der Waals surface area contributed by atoms with Crippen molar-refractivity contribution in [2.75, 3.05) is 14.2 Å². The zero-order valence-electron chi connectivity index (χ0n) is 10.9. The maximum atomic E-state index is 11.6. The normalized spacial score (nSPS) is 9.84. The largest absolute Gasteiger partial charge is 0.507 e. The van der Waals surface area contributed by atoms with Crippen molar-refractivity contribution in [3.05, 3.63) is 28.8 Å². The number of esters is 2. The molecule has 1 aromatic carbocycles. The van der Waals surface area contributed by atoms with E-state index in [-0.39, 0.29) is 23.3 Å². The average Bonchev–Trinajstić information content (AvgIpc) is 2.35. The van der Waals surface area contributed by atoms with Gasteiger partial charge >= 0.3 is 11.9 Å². The van der Waals surface area contributed by atoms with Crippen molar-refractivity contribution in [2.24, 2.45) is 0 Å². The summed E-state index contributed by atoms with van der Waals surface area (Å²) in [6, 6.07) is 2.58. The van der Waals surface area contributed by atoms with Gasteiger partial charge in [0.25, 0.3) is 0 Å². The second-order valence-corrected chi connectivity index (χ2v) is 3.90. The van der Waals surface area contributed by atoms with Gasteiger partial charge in [-0.05, 0) is 24.6 Å². The van der Waals surface area contributed by atoms with Crippen LogP contribution in [0.25, 0.3) is 0 Å². The molecule has 0 aliphatic heterocycles. The summed E-state index contributed by atoms with van der Waals surface area (Å²) in [6.07, 6.45) is 0.0407. The van der Waals surface area contributed by atoms with Crippen molar-refractivity contribution in [2.45, 2.75) is 13.3 Å². The second-order valence-electron chi connectivity index (χ2n) is 3.90. The molecule has 6 nitrogen and oxygen atoms in total. The number of phenolic OH excluding ortho intramolecular Hbond substituents is 1. The van der Waals surface area contributed by atoms with Gasteiger partial charge in [-0.15, -0.1) is 0 Å². The third-order valence-corrected chi connectivity index (χ3v) is 2.43. The highest BCUT2D eigenvalue weighted by molar-refractivity contribution is 6.05. The van der Waals surface area contributed by atoms with Crippen LogP contribution in [0, 0.1) is 0 Å². The number of carbonyl (C=O) groups excluding carboxylic acids is 3. The van der Waals surface area contributed by atoms with E-state index in [1.54, 1.807) is 0 Å². The number of benzene rings is 1. The van der Waals surface area contributed by atoms with E-state index in [0.29, 0.717) is 5.56 Å². The van der Waals surface area contributed by atoms with Gasteiger partial charge in [0.2, 0.25) is 0 Å². The summed E-state index contributed by atoms with van der Waals surface area (Å²) < 4.78 is 9.04. The van der Waals surface area contributed by atoms with E-state index in [4.69, 9.17) is 0 Å². The van der Waals surface area contributed by atoms with Crippen LogP contribution in [-0.2, 0) is 20.7 Å². The van der Waals surface area contributed by atoms with Crippen LogP contribution < -0.4 is 0 Å². The van der Waals surface area contributed by atoms with Crippen LogP contribution in [0.3, 0.4) is 0 Å². The quantitative estimate of drug-likeness (QED) is 0.821. The number of hydrogen-bond acceptors (Lipinski definition) is 6. The Morgan fingerprint density at radius 2 is 1.68 bits per heavy atom. The maximum Gasteiger partial charge on any atom is 0.342 e. The lowest BCUT2D eigenvalue weighted by molar-refractivity contribution is -0.116. The van der Waals surface area contributed by atoms with Gasteiger partial charge in [-0.3, -0.25) is 4.79 Å². The van der Waals surface area contributed by atoms with Crippen LogP contribution in [0.2, 0.25) is 0 Å². The van der Waals surface area contributed by atoms with Crippen molar-refractivity contribution in [1.82, 2.24) is 0 Å². The standard InChI is InChI=1S/C13H14O6/c1-7(14)4-8-5-9(12(16)18-2)11(10(15)6-8)13(17)19-3/h5-6,15H,4H2,1-3H3. The summed E-state index contributed by atoms with van der Waals surface area (Å²) in [6.45, 7) is 1.38. The SMILES string of the molecule is COC(=O)c1cc(CC(C)=O)cc(O)c1C(=O)OC. The molecule has 0 aliphatic rings. The zero-order chi connectivity index (χ0) is 14.6. The highest BCUT2D eigenvalue weighted by atomic mass is 16.5. The van der Waals surface area contributed by atoms with Crippen molar-refractivity contribution in [3.63, 3.8) is 0 Å². The highest BCUT2D eigenvalue weighted by Gasteiger charge is 2.23. The summed E-state index contributed by atoms with van der Waals surface area (Å²) in [7, 11) is 2.28. The number of methoxy groups -OCH3 is 2. The van der Waals surface area contributed by atoms with Crippen molar-refractivity contribution < 1.29 is 29.0 Å². The molecule has 0 spiro atoms. The van der Waals surface area contributed by atoms with Crippen LogP contribution in [0.4, 0.5) is 0 Å². The lowest BCUT2D eigenvalue weighted by Crippen LogP contribution is -2.13. The Morgan fingerprint density at radius 1 is 1.11 bits per heavy atom. The molecule has 19 heavy (non-hydrogen) atoms. The van der Waals surface area contributed by atoms with E-state index < -0.39 is 17.7 Å². The molecule has 1 aromatic rings. The van der Waals surface area contributed by atoms with Gasteiger partial charge in [0.05, 0.1) is 19.8 Å². The molecule has 0 saturated carbocycles. The number of ketones is 1. The van der Waals surface area contributed by atoms with E-state index in [2.05, 4.69) is 9.47 Å². The summed E-state index contributed by atoms with van der Waals surface area (Å²) >= 11 is 0. The Kier molecular flexibility index (Phi) is 4.63. The lowest BCUT2D eigenvalue weighted by Gasteiger charge is -2.10. The molecular formula is C13H14O6. The van der Waals surface area contributed by atoms with Gasteiger partial charge < -0.3 is 14.6 Å². The third kappa shape index (κ3) is 3.31. The molecule has 1 N–H and O–H groups in total. The molecule has 0 unspecified atom stereocenters. The fourth-order valence-corrected chi connectivity index (χ4v) is 1.66. The Labute approximate surface area is 109 Å². The molecule has 0 fully saturated rings. The number of Topliss-reactive ketones (excluding diaryl/α,β-unsaturated/α-hetero) is 1. The van der Waals surface area contributed by atoms with E-state index >= 15 is 0 Å². The molecule has 0 saturated heterocycles. The molecule has 1 rings (SSSR count). The second kappa shape index (κ2) is 5.99. The van der Waals surface area contributed by atoms with Gasteiger partial charge in [0.1, 0.15) is 17.1 Å². The lowest BCUT2D eigenvalue weighted by atomic mass is 10.00. The molecule has 0 atom stereocenters. The average molecular weight is 266 g/mol. The van der Waals surface area contributed by atoms with Crippen LogP contribution in [0.15, 0.2) is 12.1 Å². The fourth-order valence-electron chi connectivity index (χ4n) is 1.66. The minimum Gasteiger partial charge on any atom is -0.507 e. The molecule has 0 heterocycles. The van der Waals surface area contributed by atoms with E-state index in [0.717, 1.165) is 14.2 Å². The van der Waals surface area contributed by atoms with E-state index in [1.807, 2.05) is 0 Å². The van der Waals surface area contributed by atoms with Crippen LogP contribution in [0.5, 0.6) is 5.75 Å².